The fourth-order valence-electron chi connectivity index (χ4n) is 3.34. The van der Waals surface area contributed by atoms with Crippen LogP contribution in [0.4, 0.5) is 0 Å². The molecule has 1 atom stereocenters. The summed E-state index contributed by atoms with van der Waals surface area (Å²) in [4.78, 5) is 24.4. The van der Waals surface area contributed by atoms with Gasteiger partial charge in [-0.25, -0.2) is 9.97 Å². The molecule has 5 nitrogen and oxygen atoms in total. The average molecular weight is 361 g/mol. The summed E-state index contributed by atoms with van der Waals surface area (Å²) in [5, 5.41) is 0. The van der Waals surface area contributed by atoms with E-state index in [9.17, 15) is 4.79 Å². The molecule has 0 saturated carbocycles. The van der Waals surface area contributed by atoms with Gasteiger partial charge in [-0.2, -0.15) is 0 Å². The van der Waals surface area contributed by atoms with E-state index in [0.29, 0.717) is 15.8 Å². The van der Waals surface area contributed by atoms with Crippen LogP contribution >= 0.6 is 22.9 Å². The molecular weight excluding hydrogens is 344 g/mol. The third-order valence-electron chi connectivity index (χ3n) is 4.47. The van der Waals surface area contributed by atoms with Gasteiger partial charge >= 0.3 is 0 Å². The van der Waals surface area contributed by atoms with E-state index in [1.165, 1.54) is 11.3 Å². The van der Waals surface area contributed by atoms with Crippen LogP contribution in [-0.2, 0) is 6.54 Å². The molecule has 1 aliphatic heterocycles. The van der Waals surface area contributed by atoms with Crippen molar-refractivity contribution in [1.29, 1.82) is 0 Å². The number of carbonyl (C=O) groups excluding carboxylic acids is 1. The molecule has 0 radical (unpaired) electrons. The van der Waals surface area contributed by atoms with E-state index in [1.54, 1.807) is 18.3 Å². The van der Waals surface area contributed by atoms with Crippen molar-refractivity contribution in [2.45, 2.75) is 25.8 Å². The van der Waals surface area contributed by atoms with Crippen LogP contribution in [0.1, 0.15) is 34.8 Å². The Hall–Kier alpha value is -1.92. The monoisotopic (exact) mass is 360 g/mol. The van der Waals surface area contributed by atoms with E-state index in [4.69, 9.17) is 16.6 Å². The van der Waals surface area contributed by atoms with Gasteiger partial charge in [0.05, 0.1) is 9.21 Å². The summed E-state index contributed by atoms with van der Waals surface area (Å²) >= 11 is 7.28. The minimum Gasteiger partial charge on any atom is -0.337 e. The number of rotatable bonds is 3. The third-order valence-corrected chi connectivity index (χ3v) is 5.69. The smallest absolute Gasteiger partial charge is 0.263 e. The molecule has 124 valence electrons. The maximum atomic E-state index is 12.6. The van der Waals surface area contributed by atoms with Crippen molar-refractivity contribution in [2.24, 2.45) is 0 Å². The standard InChI is InChI=1S/C17H17ClN4OS/c1-2-22-15(20-12-4-3-8-19-16(12)22)11-7-9-21(10-11)17(23)13-5-6-14(18)24-13/h3-6,8,11H,2,7,9-10H2,1H3/t11-/m0/s1. The number of amides is 1. The SMILES string of the molecule is CCn1c([C@H]2CCN(C(=O)c3ccc(Cl)s3)C2)nc2cccnc21. The highest BCUT2D eigenvalue weighted by atomic mass is 35.5. The average Bonchev–Trinajstić information content (AvgIpc) is 3.31. The normalized spacial score (nSPS) is 17.8. The van der Waals surface area contributed by atoms with Gasteiger partial charge < -0.3 is 9.47 Å². The van der Waals surface area contributed by atoms with Crippen LogP contribution < -0.4 is 0 Å². The van der Waals surface area contributed by atoms with Crippen LogP contribution in [0.15, 0.2) is 30.5 Å². The molecule has 0 spiro atoms. The predicted octanol–water partition coefficient (Wildman–Crippen LogP) is 3.80. The van der Waals surface area contributed by atoms with Gasteiger partial charge in [-0.1, -0.05) is 11.6 Å². The fourth-order valence-corrected chi connectivity index (χ4v) is 4.35. The van der Waals surface area contributed by atoms with Gasteiger partial charge in [-0.15, -0.1) is 11.3 Å². The van der Waals surface area contributed by atoms with Crippen LogP contribution in [0.5, 0.6) is 0 Å². The number of imidazole rings is 1. The van der Waals surface area contributed by atoms with Crippen molar-refractivity contribution < 1.29 is 4.79 Å². The van der Waals surface area contributed by atoms with Gasteiger partial charge in [0.15, 0.2) is 5.65 Å². The second-order valence-corrected chi connectivity index (χ2v) is 7.62. The van der Waals surface area contributed by atoms with E-state index in [0.717, 1.165) is 36.5 Å². The van der Waals surface area contributed by atoms with Crippen molar-refractivity contribution in [2.75, 3.05) is 13.1 Å². The summed E-state index contributed by atoms with van der Waals surface area (Å²) in [6.07, 6.45) is 2.72. The zero-order chi connectivity index (χ0) is 16.7. The highest BCUT2D eigenvalue weighted by molar-refractivity contribution is 7.17. The van der Waals surface area contributed by atoms with Crippen LogP contribution in [0.2, 0.25) is 4.34 Å². The Morgan fingerprint density at radius 3 is 3.04 bits per heavy atom. The fraction of sp³-hybridized carbons (Fsp3) is 0.353. The Morgan fingerprint density at radius 1 is 1.42 bits per heavy atom. The summed E-state index contributed by atoms with van der Waals surface area (Å²) in [6.45, 7) is 4.37. The molecule has 3 aromatic rings. The van der Waals surface area contributed by atoms with Crippen LogP contribution in [0.3, 0.4) is 0 Å². The number of likely N-dealkylation sites (tertiary alicyclic amines) is 1. The second-order valence-electron chi connectivity index (χ2n) is 5.90. The van der Waals surface area contributed by atoms with Crippen molar-refractivity contribution in [3.8, 4) is 0 Å². The molecule has 0 aromatic carbocycles. The molecule has 1 fully saturated rings. The minimum atomic E-state index is 0.0617. The van der Waals surface area contributed by atoms with E-state index < -0.39 is 0 Å². The minimum absolute atomic E-state index is 0.0617. The number of thiophene rings is 1. The Bertz CT molecular complexity index is 903. The highest BCUT2D eigenvalue weighted by Gasteiger charge is 2.31. The number of aryl methyl sites for hydroxylation is 1. The lowest BCUT2D eigenvalue weighted by Gasteiger charge is -2.16. The number of aromatic nitrogens is 3. The van der Waals surface area contributed by atoms with E-state index >= 15 is 0 Å². The van der Waals surface area contributed by atoms with Crippen LogP contribution in [0.25, 0.3) is 11.2 Å². The maximum absolute atomic E-state index is 12.6. The molecule has 24 heavy (non-hydrogen) atoms. The van der Waals surface area contributed by atoms with Crippen molar-refractivity contribution >= 4 is 40.0 Å². The Balaban J connectivity index is 1.60. The summed E-state index contributed by atoms with van der Waals surface area (Å²) in [5.74, 6) is 1.34. The lowest BCUT2D eigenvalue weighted by molar-refractivity contribution is 0.0795. The van der Waals surface area contributed by atoms with Gasteiger partial charge in [-0.3, -0.25) is 4.79 Å². The first kappa shape index (κ1) is 15.6. The molecule has 1 saturated heterocycles. The Kier molecular flexibility index (Phi) is 4.02. The molecule has 0 unspecified atom stereocenters. The van der Waals surface area contributed by atoms with Crippen LogP contribution in [-0.4, -0.2) is 38.4 Å². The van der Waals surface area contributed by atoms with Gasteiger partial charge in [0.2, 0.25) is 0 Å². The molecule has 4 heterocycles. The Morgan fingerprint density at radius 2 is 2.29 bits per heavy atom. The number of halogens is 1. The van der Waals surface area contributed by atoms with Crippen molar-refractivity contribution in [1.82, 2.24) is 19.4 Å². The number of nitrogens with zero attached hydrogens (tertiary/aromatic N) is 4. The van der Waals surface area contributed by atoms with Crippen LogP contribution in [0, 0.1) is 0 Å². The van der Waals surface area contributed by atoms with E-state index in [1.807, 2.05) is 17.0 Å². The lowest BCUT2D eigenvalue weighted by Crippen LogP contribution is -2.28. The zero-order valence-corrected chi connectivity index (χ0v) is 14.8. The van der Waals surface area contributed by atoms with Gasteiger partial charge in [-0.05, 0) is 37.6 Å². The van der Waals surface area contributed by atoms with Crippen molar-refractivity contribution in [3.05, 3.63) is 45.5 Å². The maximum Gasteiger partial charge on any atom is 0.263 e. The molecule has 3 aromatic heterocycles. The summed E-state index contributed by atoms with van der Waals surface area (Å²) in [5.41, 5.74) is 1.84. The first-order valence-electron chi connectivity index (χ1n) is 8.03. The first-order chi connectivity index (χ1) is 11.7. The second kappa shape index (κ2) is 6.18. The number of pyridine rings is 1. The van der Waals surface area contributed by atoms with Gasteiger partial charge in [0.25, 0.3) is 5.91 Å². The highest BCUT2D eigenvalue weighted by Crippen LogP contribution is 2.31. The number of carbonyl (C=O) groups is 1. The predicted molar refractivity (Wildman–Crippen MR) is 95.8 cm³/mol. The molecule has 0 aliphatic carbocycles. The largest absolute Gasteiger partial charge is 0.337 e. The van der Waals surface area contributed by atoms with Gasteiger partial charge in [0, 0.05) is 31.7 Å². The molecule has 1 aliphatic rings. The van der Waals surface area contributed by atoms with Crippen molar-refractivity contribution in [3.63, 3.8) is 0 Å². The van der Waals surface area contributed by atoms with Gasteiger partial charge in [0.1, 0.15) is 11.3 Å². The summed E-state index contributed by atoms with van der Waals surface area (Å²) in [7, 11) is 0. The lowest BCUT2D eigenvalue weighted by atomic mass is 10.1. The number of hydrogen-bond acceptors (Lipinski definition) is 4. The molecule has 0 N–H and O–H groups in total. The Labute approximate surface area is 148 Å². The topological polar surface area (TPSA) is 51.0 Å². The number of fused-ring (bicyclic) bond motifs is 1. The zero-order valence-electron chi connectivity index (χ0n) is 13.3. The van der Waals surface area contributed by atoms with E-state index in [-0.39, 0.29) is 11.8 Å². The quantitative estimate of drug-likeness (QED) is 0.714. The molecule has 1 amide bonds. The van der Waals surface area contributed by atoms with E-state index in [2.05, 4.69) is 16.5 Å². The third kappa shape index (κ3) is 2.59. The molecule has 0 bridgehead atoms. The first-order valence-corrected chi connectivity index (χ1v) is 9.22. The summed E-state index contributed by atoms with van der Waals surface area (Å²) in [6, 6.07) is 7.47. The molecule has 7 heteroatoms. The number of hydrogen-bond donors (Lipinski definition) is 0. The molecule has 4 rings (SSSR count). The summed E-state index contributed by atoms with van der Waals surface area (Å²) < 4.78 is 2.81. The molecular formula is C17H17ClN4OS.